The van der Waals surface area contributed by atoms with Crippen LogP contribution in [-0.4, -0.2) is 33.3 Å². The van der Waals surface area contributed by atoms with Crippen LogP contribution in [0.1, 0.15) is 65.2 Å². The van der Waals surface area contributed by atoms with Crippen LogP contribution in [0.5, 0.6) is 0 Å². The van der Waals surface area contributed by atoms with E-state index in [1.807, 2.05) is 6.92 Å². The lowest BCUT2D eigenvalue weighted by Crippen LogP contribution is -2.61. The monoisotopic (exact) mass is 281 g/mol. The first-order valence-electron chi connectivity index (χ1n) is 7.44. The fraction of sp³-hybridized carbons (Fsp3) is 0.800. The standard InChI is InChI=1S/C15H23NO4/c1-3-6-14(2,13(19)20)16-11(17)9-15(10-12(16)18)7-4-5-8-15/h3-10H2,1-2H3,(H,19,20). The summed E-state index contributed by atoms with van der Waals surface area (Å²) in [7, 11) is 0. The Bertz CT molecular complexity index is 419. The number of hydrogen-bond acceptors (Lipinski definition) is 3. The second-order valence-electron chi connectivity index (χ2n) is 6.51. The lowest BCUT2D eigenvalue weighted by atomic mass is 9.75. The molecule has 2 rings (SSSR count). The molecule has 0 bridgehead atoms. The highest BCUT2D eigenvalue weighted by molar-refractivity contribution is 6.03. The molecule has 5 heteroatoms. The third-order valence-electron chi connectivity index (χ3n) is 4.91. The maximum absolute atomic E-state index is 12.4. The van der Waals surface area contributed by atoms with Gasteiger partial charge >= 0.3 is 5.97 Å². The van der Waals surface area contributed by atoms with Gasteiger partial charge in [0.2, 0.25) is 11.8 Å². The first kappa shape index (κ1) is 15.0. The molecule has 1 aliphatic heterocycles. The summed E-state index contributed by atoms with van der Waals surface area (Å²) in [5, 5.41) is 9.46. The van der Waals surface area contributed by atoms with E-state index in [-0.39, 0.29) is 17.2 Å². The van der Waals surface area contributed by atoms with Gasteiger partial charge in [-0.25, -0.2) is 4.79 Å². The number of hydrogen-bond donors (Lipinski definition) is 1. The molecule has 1 atom stereocenters. The van der Waals surface area contributed by atoms with E-state index < -0.39 is 11.5 Å². The van der Waals surface area contributed by atoms with E-state index in [9.17, 15) is 19.5 Å². The highest BCUT2D eigenvalue weighted by Crippen LogP contribution is 2.48. The van der Waals surface area contributed by atoms with Crippen LogP contribution >= 0.6 is 0 Å². The molecular formula is C15H23NO4. The largest absolute Gasteiger partial charge is 0.479 e. The zero-order chi connectivity index (χ0) is 15.0. The van der Waals surface area contributed by atoms with Crippen molar-refractivity contribution in [1.29, 1.82) is 0 Å². The van der Waals surface area contributed by atoms with Gasteiger partial charge in [0.05, 0.1) is 0 Å². The van der Waals surface area contributed by atoms with Gasteiger partial charge in [-0.2, -0.15) is 0 Å². The van der Waals surface area contributed by atoms with Crippen molar-refractivity contribution in [1.82, 2.24) is 4.90 Å². The Balaban J connectivity index is 2.27. The van der Waals surface area contributed by atoms with Gasteiger partial charge in [0, 0.05) is 12.8 Å². The van der Waals surface area contributed by atoms with E-state index in [4.69, 9.17) is 0 Å². The molecule has 1 spiro atoms. The van der Waals surface area contributed by atoms with Gasteiger partial charge in [0.15, 0.2) is 0 Å². The Labute approximate surface area is 119 Å². The molecule has 0 aromatic heterocycles. The zero-order valence-electron chi connectivity index (χ0n) is 12.3. The van der Waals surface area contributed by atoms with Crippen molar-refractivity contribution in [3.05, 3.63) is 0 Å². The number of carbonyl (C=O) groups excluding carboxylic acids is 2. The number of carbonyl (C=O) groups is 3. The second kappa shape index (κ2) is 5.19. The molecule has 0 aromatic carbocycles. The van der Waals surface area contributed by atoms with Gasteiger partial charge < -0.3 is 5.11 Å². The third kappa shape index (κ3) is 2.34. The van der Waals surface area contributed by atoms with E-state index >= 15 is 0 Å². The molecule has 112 valence electrons. The molecule has 0 radical (unpaired) electrons. The Morgan fingerprint density at radius 1 is 1.25 bits per heavy atom. The van der Waals surface area contributed by atoms with Crippen molar-refractivity contribution in [3.8, 4) is 0 Å². The highest BCUT2D eigenvalue weighted by Gasteiger charge is 2.52. The summed E-state index contributed by atoms with van der Waals surface area (Å²) in [6.45, 7) is 3.35. The zero-order valence-corrected chi connectivity index (χ0v) is 12.3. The molecule has 1 aliphatic carbocycles. The van der Waals surface area contributed by atoms with Gasteiger partial charge in [-0.15, -0.1) is 0 Å². The summed E-state index contributed by atoms with van der Waals surface area (Å²) < 4.78 is 0. The maximum atomic E-state index is 12.4. The number of carboxylic acids is 1. The number of rotatable bonds is 4. The van der Waals surface area contributed by atoms with E-state index in [0.717, 1.165) is 30.6 Å². The van der Waals surface area contributed by atoms with Crippen LogP contribution in [0.3, 0.4) is 0 Å². The quantitative estimate of drug-likeness (QED) is 0.803. The predicted molar refractivity (Wildman–Crippen MR) is 72.9 cm³/mol. The fourth-order valence-electron chi connectivity index (χ4n) is 3.83. The molecule has 1 unspecified atom stereocenters. The van der Waals surface area contributed by atoms with Crippen LogP contribution in [0.4, 0.5) is 0 Å². The van der Waals surface area contributed by atoms with Gasteiger partial charge in [0.1, 0.15) is 5.54 Å². The number of carboxylic acid groups (broad SMARTS) is 1. The first-order chi connectivity index (χ1) is 9.34. The second-order valence-corrected chi connectivity index (χ2v) is 6.51. The first-order valence-corrected chi connectivity index (χ1v) is 7.44. The fourth-order valence-corrected chi connectivity index (χ4v) is 3.83. The van der Waals surface area contributed by atoms with Crippen molar-refractivity contribution >= 4 is 17.8 Å². The van der Waals surface area contributed by atoms with Crippen molar-refractivity contribution < 1.29 is 19.5 Å². The molecular weight excluding hydrogens is 258 g/mol. The van der Waals surface area contributed by atoms with Gasteiger partial charge in [-0.1, -0.05) is 26.2 Å². The highest BCUT2D eigenvalue weighted by atomic mass is 16.4. The number of piperidine rings is 1. The number of nitrogens with zero attached hydrogens (tertiary/aromatic N) is 1. The minimum Gasteiger partial charge on any atom is -0.479 e. The minimum absolute atomic E-state index is 0.184. The average molecular weight is 281 g/mol. The molecule has 0 aromatic rings. The Morgan fingerprint density at radius 2 is 1.75 bits per heavy atom. The molecule has 2 amide bonds. The summed E-state index contributed by atoms with van der Waals surface area (Å²) in [5.74, 6) is -1.70. The number of amides is 2. The molecule has 1 saturated carbocycles. The molecule has 2 fully saturated rings. The van der Waals surface area contributed by atoms with Crippen molar-refractivity contribution in [2.24, 2.45) is 5.41 Å². The van der Waals surface area contributed by atoms with E-state index in [1.165, 1.54) is 6.92 Å². The Kier molecular flexibility index (Phi) is 3.89. The number of imide groups is 1. The van der Waals surface area contributed by atoms with E-state index in [1.54, 1.807) is 0 Å². The van der Waals surface area contributed by atoms with Crippen LogP contribution in [-0.2, 0) is 14.4 Å². The molecule has 20 heavy (non-hydrogen) atoms. The van der Waals surface area contributed by atoms with Gasteiger partial charge in [-0.3, -0.25) is 14.5 Å². The van der Waals surface area contributed by atoms with Crippen molar-refractivity contribution in [3.63, 3.8) is 0 Å². The molecule has 1 heterocycles. The van der Waals surface area contributed by atoms with Gasteiger partial charge in [-0.05, 0) is 31.6 Å². The number of aliphatic carboxylic acids is 1. The smallest absolute Gasteiger partial charge is 0.329 e. The molecule has 2 aliphatic rings. The lowest BCUT2D eigenvalue weighted by molar-refractivity contribution is -0.172. The molecule has 5 nitrogen and oxygen atoms in total. The maximum Gasteiger partial charge on any atom is 0.329 e. The van der Waals surface area contributed by atoms with Crippen LogP contribution in [0.2, 0.25) is 0 Å². The van der Waals surface area contributed by atoms with Gasteiger partial charge in [0.25, 0.3) is 0 Å². The SMILES string of the molecule is CCCC(C)(C(=O)O)N1C(=O)CC2(CCCC2)CC1=O. The van der Waals surface area contributed by atoms with E-state index in [0.29, 0.717) is 25.7 Å². The van der Waals surface area contributed by atoms with E-state index in [2.05, 4.69) is 0 Å². The number of likely N-dealkylation sites (tertiary alicyclic amines) is 1. The predicted octanol–water partition coefficient (Wildman–Crippen LogP) is 2.34. The summed E-state index contributed by atoms with van der Waals surface area (Å²) in [5.41, 5.74) is -1.58. The Morgan fingerprint density at radius 3 is 2.15 bits per heavy atom. The van der Waals surface area contributed by atoms with Crippen molar-refractivity contribution in [2.45, 2.75) is 70.8 Å². The summed E-state index contributed by atoms with van der Waals surface area (Å²) in [6, 6.07) is 0. The minimum atomic E-state index is -1.40. The Hall–Kier alpha value is -1.39. The topological polar surface area (TPSA) is 74.7 Å². The molecule has 1 saturated heterocycles. The summed E-state index contributed by atoms with van der Waals surface area (Å²) in [4.78, 5) is 37.5. The normalized spacial score (nSPS) is 25.0. The third-order valence-corrected chi connectivity index (χ3v) is 4.91. The van der Waals surface area contributed by atoms with Crippen LogP contribution in [0, 0.1) is 5.41 Å². The molecule has 1 N–H and O–H groups in total. The lowest BCUT2D eigenvalue weighted by Gasteiger charge is -2.44. The van der Waals surface area contributed by atoms with Crippen LogP contribution in [0.15, 0.2) is 0 Å². The van der Waals surface area contributed by atoms with Crippen molar-refractivity contribution in [2.75, 3.05) is 0 Å². The van der Waals surface area contributed by atoms with Crippen LogP contribution < -0.4 is 0 Å². The summed E-state index contributed by atoms with van der Waals surface area (Å²) in [6.07, 6.45) is 5.51. The average Bonchev–Trinajstić information content (AvgIpc) is 2.75. The summed E-state index contributed by atoms with van der Waals surface area (Å²) >= 11 is 0. The van der Waals surface area contributed by atoms with Crippen LogP contribution in [0.25, 0.3) is 0 Å².